The summed E-state index contributed by atoms with van der Waals surface area (Å²) in [5.41, 5.74) is -0.271. The lowest BCUT2D eigenvalue weighted by molar-refractivity contribution is -0.170. The summed E-state index contributed by atoms with van der Waals surface area (Å²) in [5, 5.41) is 49.8. The predicted octanol–water partition coefficient (Wildman–Crippen LogP) is 0.268. The van der Waals surface area contributed by atoms with Gasteiger partial charge in [-0.25, -0.2) is 4.79 Å². The van der Waals surface area contributed by atoms with E-state index < -0.39 is 42.5 Å². The monoisotopic (exact) mass is 444 g/mol. The number of rotatable bonds is 7. The highest BCUT2D eigenvalue weighted by Crippen LogP contribution is 2.29. The van der Waals surface area contributed by atoms with Gasteiger partial charge >= 0.3 is 17.9 Å². The first kappa shape index (κ1) is 28.4. The minimum absolute atomic E-state index is 0.139. The average molecular weight is 444 g/mol. The fourth-order valence-corrected chi connectivity index (χ4v) is 2.72. The number of aliphatic hydroxyl groups excluding tert-OH is 2. The summed E-state index contributed by atoms with van der Waals surface area (Å²) >= 11 is 0. The highest BCUT2D eigenvalue weighted by atomic mass is 16.4. The Bertz CT molecular complexity index is 691. The standard InChI is InChI=1S/C11H16N2.C6H8O7.C3H8O2/c1-9-5-6-10(8-12-9)11-4-3-7-13(11)2;7-3(8)1-6(13,5(11)12)2-4(9)10;1-3(5)2-4/h5-6,8,11H,3-4,7H2,1-2H3;13H,1-2H2,(H,7,8)(H,9,10)(H,11,12);3-5H,2H2,1H3. The lowest BCUT2D eigenvalue weighted by Crippen LogP contribution is -2.42. The molecule has 1 fully saturated rings. The highest BCUT2D eigenvalue weighted by molar-refractivity contribution is 5.88. The zero-order chi connectivity index (χ0) is 24.2. The molecule has 0 radical (unpaired) electrons. The number of carboxylic acids is 3. The van der Waals surface area contributed by atoms with Crippen molar-refractivity contribution in [3.8, 4) is 0 Å². The van der Waals surface area contributed by atoms with E-state index in [1.165, 1.54) is 31.9 Å². The second-order valence-corrected chi connectivity index (χ2v) is 7.38. The van der Waals surface area contributed by atoms with Gasteiger partial charge in [0.25, 0.3) is 0 Å². The van der Waals surface area contributed by atoms with Crippen LogP contribution in [-0.2, 0) is 14.4 Å². The van der Waals surface area contributed by atoms with E-state index >= 15 is 0 Å². The molecule has 176 valence electrons. The molecule has 6 N–H and O–H groups in total. The van der Waals surface area contributed by atoms with E-state index in [1.807, 2.05) is 13.1 Å². The van der Waals surface area contributed by atoms with Gasteiger partial charge in [0, 0.05) is 17.9 Å². The topological polar surface area (TPSA) is 189 Å². The molecule has 2 heterocycles. The van der Waals surface area contributed by atoms with Gasteiger partial charge in [-0.15, -0.1) is 0 Å². The minimum Gasteiger partial charge on any atom is -0.481 e. The van der Waals surface area contributed by atoms with Crippen molar-refractivity contribution < 1.29 is 45.0 Å². The van der Waals surface area contributed by atoms with Crippen LogP contribution in [-0.4, -0.2) is 90.3 Å². The normalized spacial score (nSPS) is 16.9. The number of aryl methyl sites for hydroxylation is 1. The van der Waals surface area contributed by atoms with Gasteiger partial charge in [-0.3, -0.25) is 19.5 Å². The fourth-order valence-electron chi connectivity index (χ4n) is 2.72. The molecule has 2 unspecified atom stereocenters. The number of aromatic nitrogens is 1. The van der Waals surface area contributed by atoms with Gasteiger partial charge in [0.15, 0.2) is 5.60 Å². The zero-order valence-electron chi connectivity index (χ0n) is 17.9. The summed E-state index contributed by atoms with van der Waals surface area (Å²) in [4.78, 5) is 37.2. The third-order valence-corrected chi connectivity index (χ3v) is 4.39. The molecule has 2 atom stereocenters. The quantitative estimate of drug-likeness (QED) is 0.338. The lowest BCUT2D eigenvalue weighted by atomic mass is 9.96. The average Bonchev–Trinajstić information content (AvgIpc) is 3.08. The van der Waals surface area contributed by atoms with Crippen molar-refractivity contribution in [3.05, 3.63) is 29.6 Å². The van der Waals surface area contributed by atoms with Crippen LogP contribution in [0.5, 0.6) is 0 Å². The maximum absolute atomic E-state index is 10.3. The number of carbonyl (C=O) groups is 3. The van der Waals surface area contributed by atoms with Crippen LogP contribution in [0.2, 0.25) is 0 Å². The molecule has 31 heavy (non-hydrogen) atoms. The number of aliphatic carboxylic acids is 3. The van der Waals surface area contributed by atoms with Crippen molar-refractivity contribution in [1.82, 2.24) is 9.88 Å². The first-order valence-electron chi connectivity index (χ1n) is 9.63. The maximum Gasteiger partial charge on any atom is 0.336 e. The first-order valence-corrected chi connectivity index (χ1v) is 9.63. The summed E-state index contributed by atoms with van der Waals surface area (Å²) in [6.07, 6.45) is 1.76. The van der Waals surface area contributed by atoms with Crippen molar-refractivity contribution in [3.63, 3.8) is 0 Å². The Balaban J connectivity index is 0.000000479. The largest absolute Gasteiger partial charge is 0.481 e. The Morgan fingerprint density at radius 1 is 1.19 bits per heavy atom. The molecular weight excluding hydrogens is 412 g/mol. The van der Waals surface area contributed by atoms with Crippen LogP contribution in [0.3, 0.4) is 0 Å². The molecule has 0 amide bonds. The van der Waals surface area contributed by atoms with Gasteiger partial charge in [0.1, 0.15) is 0 Å². The second kappa shape index (κ2) is 13.7. The Kier molecular flexibility index (Phi) is 12.5. The molecule has 1 aromatic rings. The smallest absolute Gasteiger partial charge is 0.336 e. The van der Waals surface area contributed by atoms with Gasteiger partial charge in [0.2, 0.25) is 0 Å². The fraction of sp³-hybridized carbons (Fsp3) is 0.600. The second-order valence-electron chi connectivity index (χ2n) is 7.38. The number of carboxylic acid groups (broad SMARTS) is 3. The van der Waals surface area contributed by atoms with Crippen molar-refractivity contribution >= 4 is 17.9 Å². The summed E-state index contributed by atoms with van der Waals surface area (Å²) in [6, 6.07) is 4.91. The van der Waals surface area contributed by atoms with Crippen LogP contribution < -0.4 is 0 Å². The summed E-state index contributed by atoms with van der Waals surface area (Å²) in [5.74, 6) is -5.02. The predicted molar refractivity (Wildman–Crippen MR) is 109 cm³/mol. The van der Waals surface area contributed by atoms with E-state index in [2.05, 4.69) is 29.1 Å². The van der Waals surface area contributed by atoms with Crippen LogP contribution in [0.1, 0.15) is 49.9 Å². The van der Waals surface area contributed by atoms with Crippen molar-refractivity contribution in [2.45, 2.75) is 57.3 Å². The molecule has 0 saturated carbocycles. The van der Waals surface area contributed by atoms with E-state index in [1.54, 1.807) is 0 Å². The van der Waals surface area contributed by atoms with Crippen molar-refractivity contribution in [2.75, 3.05) is 20.2 Å². The molecule has 11 heteroatoms. The van der Waals surface area contributed by atoms with E-state index in [9.17, 15) is 14.4 Å². The van der Waals surface area contributed by atoms with Crippen LogP contribution in [0, 0.1) is 6.92 Å². The maximum atomic E-state index is 10.3. The molecule has 1 aliphatic heterocycles. The van der Waals surface area contributed by atoms with Gasteiger partial charge in [-0.2, -0.15) is 0 Å². The summed E-state index contributed by atoms with van der Waals surface area (Å²) in [6.45, 7) is 4.64. The number of hydrogen-bond acceptors (Lipinski definition) is 8. The Morgan fingerprint density at radius 3 is 2.00 bits per heavy atom. The third kappa shape index (κ3) is 11.4. The zero-order valence-corrected chi connectivity index (χ0v) is 17.9. The first-order chi connectivity index (χ1) is 14.3. The van der Waals surface area contributed by atoms with E-state index in [4.69, 9.17) is 30.6 Å². The minimum atomic E-state index is -2.74. The molecule has 0 bridgehead atoms. The van der Waals surface area contributed by atoms with E-state index in [-0.39, 0.29) is 6.61 Å². The molecule has 0 spiro atoms. The van der Waals surface area contributed by atoms with Crippen molar-refractivity contribution in [1.29, 1.82) is 0 Å². The van der Waals surface area contributed by atoms with Crippen LogP contribution in [0.4, 0.5) is 0 Å². The van der Waals surface area contributed by atoms with Gasteiger partial charge in [-0.05, 0) is 51.9 Å². The highest BCUT2D eigenvalue weighted by Gasteiger charge is 2.40. The summed E-state index contributed by atoms with van der Waals surface area (Å²) < 4.78 is 0. The Labute approximate surface area is 180 Å². The molecule has 0 aliphatic carbocycles. The number of hydrogen-bond donors (Lipinski definition) is 6. The van der Waals surface area contributed by atoms with Gasteiger partial charge in [0.05, 0.1) is 25.6 Å². The number of nitrogens with zero attached hydrogens (tertiary/aromatic N) is 2. The van der Waals surface area contributed by atoms with Crippen LogP contribution in [0.15, 0.2) is 18.3 Å². The SMILES string of the molecule is CC(O)CO.Cc1ccc(C2CCCN2C)cn1.O=C(O)CC(O)(CC(=O)O)C(=O)O. The molecule has 0 aromatic carbocycles. The van der Waals surface area contributed by atoms with Crippen LogP contribution >= 0.6 is 0 Å². The van der Waals surface area contributed by atoms with Gasteiger partial charge in [-0.1, -0.05) is 6.07 Å². The number of aliphatic hydroxyl groups is 3. The molecule has 2 rings (SSSR count). The lowest BCUT2D eigenvalue weighted by Gasteiger charge is -2.19. The Morgan fingerprint density at radius 2 is 1.71 bits per heavy atom. The van der Waals surface area contributed by atoms with Gasteiger partial charge < -0.3 is 30.6 Å². The van der Waals surface area contributed by atoms with Crippen LogP contribution in [0.25, 0.3) is 0 Å². The molecule has 11 nitrogen and oxygen atoms in total. The molecule has 1 aromatic heterocycles. The molecular formula is C20H32N2O9. The number of pyridine rings is 1. The molecule has 1 aliphatic rings. The third-order valence-electron chi connectivity index (χ3n) is 4.39. The van der Waals surface area contributed by atoms with E-state index in [0.29, 0.717) is 6.04 Å². The number of likely N-dealkylation sites (tertiary alicyclic amines) is 1. The van der Waals surface area contributed by atoms with E-state index in [0.717, 1.165) is 5.69 Å². The Hall–Kier alpha value is -2.60. The van der Waals surface area contributed by atoms with Crippen molar-refractivity contribution in [2.24, 2.45) is 0 Å². The summed E-state index contributed by atoms with van der Waals surface area (Å²) in [7, 11) is 2.19. The molecule has 1 saturated heterocycles.